The maximum absolute atomic E-state index is 9.71. The maximum Gasteiger partial charge on any atom is 0.133 e. The first-order chi connectivity index (χ1) is 5.72. The van der Waals surface area contributed by atoms with Crippen LogP contribution in [0.2, 0.25) is 0 Å². The summed E-state index contributed by atoms with van der Waals surface area (Å²) in [6.45, 7) is 2.05. The van der Waals surface area contributed by atoms with Crippen molar-refractivity contribution in [1.82, 2.24) is 0 Å². The molecule has 1 heterocycles. The van der Waals surface area contributed by atoms with Crippen molar-refractivity contribution < 1.29 is 5.11 Å². The van der Waals surface area contributed by atoms with Gasteiger partial charge in [-0.2, -0.15) is 0 Å². The molecule has 1 aliphatic rings. The second-order valence-corrected chi connectivity index (χ2v) is 3.37. The van der Waals surface area contributed by atoms with Crippen molar-refractivity contribution in [2.75, 3.05) is 11.9 Å². The van der Waals surface area contributed by atoms with Gasteiger partial charge in [-0.05, 0) is 11.6 Å². The zero-order valence-corrected chi connectivity index (χ0v) is 7.36. The zero-order valence-electron chi connectivity index (χ0n) is 7.36. The molecule has 64 valence electrons. The number of aliphatic hydroxyl groups excluding tert-OH is 1. The highest BCUT2D eigenvalue weighted by Crippen LogP contribution is 2.37. The molecule has 0 radical (unpaired) electrons. The quantitative estimate of drug-likeness (QED) is 0.627. The summed E-state index contributed by atoms with van der Waals surface area (Å²) in [5, 5.41) is 9.71. The van der Waals surface area contributed by atoms with Crippen LogP contribution in [0, 0.1) is 0 Å². The van der Waals surface area contributed by atoms with Gasteiger partial charge in [0.25, 0.3) is 0 Å². The number of fused-ring (bicyclic) bond motifs is 1. The van der Waals surface area contributed by atoms with E-state index in [2.05, 4.69) is 6.07 Å². The highest BCUT2D eigenvalue weighted by molar-refractivity contribution is 5.59. The minimum Gasteiger partial charge on any atom is -0.373 e. The van der Waals surface area contributed by atoms with Gasteiger partial charge in [0.05, 0.1) is 0 Å². The van der Waals surface area contributed by atoms with Crippen LogP contribution in [-0.4, -0.2) is 18.4 Å². The van der Waals surface area contributed by atoms with E-state index >= 15 is 0 Å². The van der Waals surface area contributed by atoms with E-state index in [-0.39, 0.29) is 12.1 Å². The Hall–Kier alpha value is -1.02. The number of para-hydroxylation sites is 1. The van der Waals surface area contributed by atoms with Crippen LogP contribution in [0.5, 0.6) is 0 Å². The molecule has 2 heteroatoms. The fraction of sp³-hybridized carbons (Fsp3) is 0.400. The lowest BCUT2D eigenvalue weighted by Gasteiger charge is -2.18. The Kier molecular flexibility index (Phi) is 1.58. The largest absolute Gasteiger partial charge is 0.373 e. The topological polar surface area (TPSA) is 23.5 Å². The number of benzene rings is 1. The first-order valence-electron chi connectivity index (χ1n) is 4.21. The van der Waals surface area contributed by atoms with Gasteiger partial charge in [-0.25, -0.2) is 0 Å². The summed E-state index contributed by atoms with van der Waals surface area (Å²) in [7, 11) is 1.92. The number of hydrogen-bond acceptors (Lipinski definition) is 2. The lowest BCUT2D eigenvalue weighted by atomic mass is 10.0. The van der Waals surface area contributed by atoms with Crippen molar-refractivity contribution in [3.05, 3.63) is 29.8 Å². The average Bonchev–Trinajstić information content (AvgIpc) is 2.33. The highest BCUT2D eigenvalue weighted by Gasteiger charge is 2.30. The monoisotopic (exact) mass is 163 g/mol. The second kappa shape index (κ2) is 2.49. The Labute approximate surface area is 72.4 Å². The number of nitrogens with zero attached hydrogens (tertiary/aromatic N) is 1. The molecule has 0 spiro atoms. The fourth-order valence-corrected chi connectivity index (χ4v) is 1.83. The van der Waals surface area contributed by atoms with Gasteiger partial charge < -0.3 is 10.0 Å². The molecular formula is C10H13NO. The number of anilines is 1. The molecular weight excluding hydrogens is 150 g/mol. The van der Waals surface area contributed by atoms with Crippen molar-refractivity contribution in [3.8, 4) is 0 Å². The lowest BCUT2D eigenvalue weighted by Crippen LogP contribution is -2.28. The molecule has 2 atom stereocenters. The summed E-state index contributed by atoms with van der Waals surface area (Å²) >= 11 is 0. The number of hydrogen-bond donors (Lipinski definition) is 1. The molecule has 0 aliphatic carbocycles. The molecule has 0 bridgehead atoms. The molecule has 1 aromatic rings. The average molecular weight is 163 g/mol. The maximum atomic E-state index is 9.71. The van der Waals surface area contributed by atoms with Gasteiger partial charge in [0.1, 0.15) is 6.23 Å². The number of likely N-dealkylation sites (N-methyl/N-ethyl adjacent to an activating group) is 1. The number of rotatable bonds is 0. The van der Waals surface area contributed by atoms with Crippen LogP contribution >= 0.6 is 0 Å². The van der Waals surface area contributed by atoms with E-state index in [0.29, 0.717) is 0 Å². The van der Waals surface area contributed by atoms with E-state index in [1.54, 1.807) is 0 Å². The van der Waals surface area contributed by atoms with E-state index in [4.69, 9.17) is 0 Å². The Morgan fingerprint density at radius 1 is 1.33 bits per heavy atom. The zero-order chi connectivity index (χ0) is 8.72. The molecule has 12 heavy (non-hydrogen) atoms. The molecule has 1 N–H and O–H groups in total. The van der Waals surface area contributed by atoms with Crippen LogP contribution in [0.1, 0.15) is 18.4 Å². The van der Waals surface area contributed by atoms with Crippen LogP contribution < -0.4 is 4.90 Å². The van der Waals surface area contributed by atoms with Gasteiger partial charge in [-0.1, -0.05) is 25.1 Å². The van der Waals surface area contributed by atoms with E-state index in [0.717, 1.165) is 5.69 Å². The van der Waals surface area contributed by atoms with Crippen molar-refractivity contribution >= 4 is 5.69 Å². The van der Waals surface area contributed by atoms with Crippen molar-refractivity contribution in [3.63, 3.8) is 0 Å². The normalized spacial score (nSPS) is 27.4. The van der Waals surface area contributed by atoms with E-state index in [1.807, 2.05) is 37.1 Å². The molecule has 0 saturated heterocycles. The van der Waals surface area contributed by atoms with Gasteiger partial charge in [0.2, 0.25) is 0 Å². The molecule has 0 saturated carbocycles. The highest BCUT2D eigenvalue weighted by atomic mass is 16.3. The lowest BCUT2D eigenvalue weighted by molar-refractivity contribution is 0.161. The van der Waals surface area contributed by atoms with E-state index in [9.17, 15) is 5.11 Å². The Morgan fingerprint density at radius 3 is 2.67 bits per heavy atom. The van der Waals surface area contributed by atoms with Crippen LogP contribution in [0.25, 0.3) is 0 Å². The fourth-order valence-electron chi connectivity index (χ4n) is 1.83. The van der Waals surface area contributed by atoms with Crippen LogP contribution in [0.3, 0.4) is 0 Å². The Balaban J connectivity index is 2.52. The first-order valence-corrected chi connectivity index (χ1v) is 4.21. The minimum atomic E-state index is -0.359. The second-order valence-electron chi connectivity index (χ2n) is 3.37. The van der Waals surface area contributed by atoms with E-state index in [1.165, 1.54) is 5.56 Å². The predicted octanol–water partition coefficient (Wildman–Crippen LogP) is 1.56. The van der Waals surface area contributed by atoms with Crippen molar-refractivity contribution in [1.29, 1.82) is 0 Å². The van der Waals surface area contributed by atoms with Gasteiger partial charge in [-0.15, -0.1) is 0 Å². The number of aliphatic hydroxyl groups is 1. The molecule has 2 nitrogen and oxygen atoms in total. The Bertz CT molecular complexity index is 269. The molecule has 1 aliphatic heterocycles. The minimum absolute atomic E-state index is 0.228. The third-order valence-electron chi connectivity index (χ3n) is 2.65. The van der Waals surface area contributed by atoms with Crippen molar-refractivity contribution in [2.45, 2.75) is 19.1 Å². The molecule has 0 aromatic heterocycles. The summed E-state index contributed by atoms with van der Waals surface area (Å²) in [6, 6.07) is 8.14. The van der Waals surface area contributed by atoms with Crippen molar-refractivity contribution in [2.24, 2.45) is 0 Å². The summed E-state index contributed by atoms with van der Waals surface area (Å²) in [5.74, 6) is 0.228. The van der Waals surface area contributed by atoms with Crippen LogP contribution in [0.4, 0.5) is 5.69 Å². The Morgan fingerprint density at radius 2 is 2.00 bits per heavy atom. The third-order valence-corrected chi connectivity index (χ3v) is 2.65. The van der Waals surface area contributed by atoms with E-state index < -0.39 is 0 Å². The standard InChI is InChI=1S/C10H13NO/c1-7-8-5-3-4-6-9(8)11(2)10(7)12/h3-7,10,12H,1-2H3. The molecule has 0 fully saturated rings. The van der Waals surface area contributed by atoms with Gasteiger partial charge in [0.15, 0.2) is 0 Å². The molecule has 0 amide bonds. The summed E-state index contributed by atoms with van der Waals surface area (Å²) in [5.41, 5.74) is 2.39. The van der Waals surface area contributed by atoms with Gasteiger partial charge in [0, 0.05) is 18.7 Å². The SMILES string of the molecule is CC1c2ccccc2N(C)C1O. The van der Waals surface area contributed by atoms with Crippen LogP contribution in [-0.2, 0) is 0 Å². The molecule has 1 aromatic carbocycles. The first kappa shape index (κ1) is 7.62. The summed E-state index contributed by atoms with van der Waals surface area (Å²) in [6.07, 6.45) is -0.359. The molecule has 2 unspecified atom stereocenters. The summed E-state index contributed by atoms with van der Waals surface area (Å²) < 4.78 is 0. The smallest absolute Gasteiger partial charge is 0.133 e. The third kappa shape index (κ3) is 0.847. The van der Waals surface area contributed by atoms with Gasteiger partial charge >= 0.3 is 0 Å². The van der Waals surface area contributed by atoms with Crippen LogP contribution in [0.15, 0.2) is 24.3 Å². The van der Waals surface area contributed by atoms with Gasteiger partial charge in [-0.3, -0.25) is 0 Å². The predicted molar refractivity (Wildman–Crippen MR) is 49.3 cm³/mol. The summed E-state index contributed by atoms with van der Waals surface area (Å²) in [4.78, 5) is 1.92. The molecule has 2 rings (SSSR count).